The number of alkyl halides is 4. The Labute approximate surface area is 97.6 Å². The number of carboxylic acids is 1. The summed E-state index contributed by atoms with van der Waals surface area (Å²) in [6.45, 7) is -3.35. The number of hydrogen-bond donors (Lipinski definition) is 1. The first-order chi connectivity index (χ1) is 7.75. The lowest BCUT2D eigenvalue weighted by atomic mass is 10.1. The summed E-state index contributed by atoms with van der Waals surface area (Å²) in [5.74, 6) is -7.79. The minimum atomic E-state index is -4.37. The molecule has 0 fully saturated rings. The van der Waals surface area contributed by atoms with Crippen molar-refractivity contribution in [2.75, 3.05) is 0 Å². The fraction of sp³-hybridized carbons (Fsp3) is 0.222. The summed E-state index contributed by atoms with van der Waals surface area (Å²) < 4.78 is 54.1. The number of ether oxygens (including phenoxy) is 1. The van der Waals surface area contributed by atoms with Crippen LogP contribution in [-0.2, 0) is 10.7 Å². The van der Waals surface area contributed by atoms with E-state index in [4.69, 9.17) is 16.7 Å². The second-order valence-electron chi connectivity index (χ2n) is 2.90. The highest BCUT2D eigenvalue weighted by atomic mass is 35.5. The average molecular weight is 273 g/mol. The molecular weight excluding hydrogens is 268 g/mol. The molecule has 0 aliphatic heterocycles. The molecule has 0 unspecified atom stereocenters. The van der Waals surface area contributed by atoms with Gasteiger partial charge in [-0.25, -0.2) is 4.79 Å². The molecule has 0 atom stereocenters. The highest BCUT2D eigenvalue weighted by Crippen LogP contribution is 2.37. The monoisotopic (exact) mass is 272 g/mol. The minimum Gasteiger partial charge on any atom is -0.477 e. The lowest BCUT2D eigenvalue weighted by Gasteiger charge is -2.16. The maximum absolute atomic E-state index is 13.2. The van der Waals surface area contributed by atoms with Crippen LogP contribution >= 0.6 is 11.6 Å². The fourth-order valence-electron chi connectivity index (χ4n) is 1.06. The molecule has 0 aromatic heterocycles. The zero-order chi connectivity index (χ0) is 13.2. The van der Waals surface area contributed by atoms with E-state index < -0.39 is 29.8 Å². The van der Waals surface area contributed by atoms with Crippen molar-refractivity contribution in [3.8, 4) is 5.75 Å². The third kappa shape index (κ3) is 3.00. The summed E-state index contributed by atoms with van der Waals surface area (Å²) in [4.78, 5) is 10.3. The standard InChI is InChI=1S/C9H5ClF4O3/c10-4-1-2-6(17-8(11)12)5(3-4)9(13,14)7(15)16/h1-3,8H,(H,15,16). The second kappa shape index (κ2) is 4.79. The predicted molar refractivity (Wildman–Crippen MR) is 49.6 cm³/mol. The molecule has 8 heteroatoms. The number of hydrogen-bond acceptors (Lipinski definition) is 2. The van der Waals surface area contributed by atoms with Crippen LogP contribution in [0, 0.1) is 0 Å². The van der Waals surface area contributed by atoms with Gasteiger partial charge in [0.2, 0.25) is 0 Å². The highest BCUT2D eigenvalue weighted by molar-refractivity contribution is 6.30. The summed E-state index contributed by atoms with van der Waals surface area (Å²) in [6, 6.07) is 2.34. The van der Waals surface area contributed by atoms with Crippen LogP contribution in [0.1, 0.15) is 5.56 Å². The van der Waals surface area contributed by atoms with Gasteiger partial charge in [-0.3, -0.25) is 0 Å². The van der Waals surface area contributed by atoms with Crippen LogP contribution in [0.3, 0.4) is 0 Å². The van der Waals surface area contributed by atoms with Crippen LogP contribution in [0.25, 0.3) is 0 Å². The maximum atomic E-state index is 13.2. The Bertz CT molecular complexity index is 436. The van der Waals surface area contributed by atoms with Crippen molar-refractivity contribution in [3.63, 3.8) is 0 Å². The number of benzene rings is 1. The first kappa shape index (κ1) is 13.6. The quantitative estimate of drug-likeness (QED) is 0.857. The van der Waals surface area contributed by atoms with Crippen LogP contribution in [0.2, 0.25) is 5.02 Å². The number of carboxylic acid groups (broad SMARTS) is 1. The number of carbonyl (C=O) groups is 1. The van der Waals surface area contributed by atoms with Crippen LogP contribution in [0.15, 0.2) is 18.2 Å². The predicted octanol–water partition coefficient (Wildman–Crippen LogP) is 3.12. The van der Waals surface area contributed by atoms with Crippen LogP contribution in [0.5, 0.6) is 5.75 Å². The molecule has 17 heavy (non-hydrogen) atoms. The van der Waals surface area contributed by atoms with Gasteiger partial charge in [-0.1, -0.05) is 11.6 Å². The van der Waals surface area contributed by atoms with E-state index in [0.717, 1.165) is 12.1 Å². The van der Waals surface area contributed by atoms with E-state index >= 15 is 0 Å². The second-order valence-corrected chi connectivity index (χ2v) is 3.33. The van der Waals surface area contributed by atoms with Gasteiger partial charge in [0.25, 0.3) is 0 Å². The molecule has 0 saturated carbocycles. The lowest BCUT2D eigenvalue weighted by molar-refractivity contribution is -0.167. The normalized spacial score (nSPS) is 11.6. The van der Waals surface area contributed by atoms with Crippen LogP contribution in [-0.4, -0.2) is 17.7 Å². The van der Waals surface area contributed by atoms with Crippen molar-refractivity contribution >= 4 is 17.6 Å². The lowest BCUT2D eigenvalue weighted by Crippen LogP contribution is -2.26. The van der Waals surface area contributed by atoms with Crippen molar-refractivity contribution < 1.29 is 32.2 Å². The van der Waals surface area contributed by atoms with Crippen molar-refractivity contribution in [1.29, 1.82) is 0 Å². The Morgan fingerprint density at radius 3 is 2.47 bits per heavy atom. The average Bonchev–Trinajstić information content (AvgIpc) is 2.19. The molecule has 0 bridgehead atoms. The molecule has 94 valence electrons. The van der Waals surface area contributed by atoms with Gasteiger partial charge in [0.05, 0.1) is 5.56 Å². The van der Waals surface area contributed by atoms with Gasteiger partial charge in [0, 0.05) is 5.02 Å². The Kier molecular flexibility index (Phi) is 3.82. The van der Waals surface area contributed by atoms with Gasteiger partial charge in [0.1, 0.15) is 5.75 Å². The van der Waals surface area contributed by atoms with Gasteiger partial charge in [-0.15, -0.1) is 0 Å². The van der Waals surface area contributed by atoms with Crippen molar-refractivity contribution in [2.24, 2.45) is 0 Å². The zero-order valence-electron chi connectivity index (χ0n) is 7.96. The molecule has 0 heterocycles. The van der Waals surface area contributed by atoms with Crippen molar-refractivity contribution in [1.82, 2.24) is 0 Å². The largest absolute Gasteiger partial charge is 0.477 e. The molecule has 0 aliphatic rings. The third-order valence-corrected chi connectivity index (χ3v) is 2.00. The topological polar surface area (TPSA) is 46.5 Å². The molecule has 1 aromatic rings. The molecule has 0 radical (unpaired) electrons. The Balaban J connectivity index is 3.29. The van der Waals surface area contributed by atoms with Gasteiger partial charge < -0.3 is 9.84 Å². The number of rotatable bonds is 4. The SMILES string of the molecule is O=C(O)C(F)(F)c1cc(Cl)ccc1OC(F)F. The smallest absolute Gasteiger partial charge is 0.387 e. The third-order valence-electron chi connectivity index (χ3n) is 1.76. The van der Waals surface area contributed by atoms with Crippen molar-refractivity contribution in [2.45, 2.75) is 12.5 Å². The molecule has 1 rings (SSSR count). The van der Waals surface area contributed by atoms with Gasteiger partial charge in [0.15, 0.2) is 0 Å². The number of halogens is 5. The molecule has 0 aliphatic carbocycles. The van der Waals surface area contributed by atoms with Gasteiger partial charge in [-0.2, -0.15) is 17.6 Å². The Morgan fingerprint density at radius 2 is 2.00 bits per heavy atom. The molecule has 0 spiro atoms. The zero-order valence-corrected chi connectivity index (χ0v) is 8.72. The molecule has 1 N–H and O–H groups in total. The summed E-state index contributed by atoms with van der Waals surface area (Å²) in [6.07, 6.45) is 0. The van der Waals surface area contributed by atoms with Gasteiger partial charge >= 0.3 is 18.5 Å². The van der Waals surface area contributed by atoms with E-state index in [1.807, 2.05) is 0 Å². The van der Waals surface area contributed by atoms with E-state index in [2.05, 4.69) is 4.74 Å². The summed E-state index contributed by atoms with van der Waals surface area (Å²) in [5, 5.41) is 8.09. The van der Waals surface area contributed by atoms with Gasteiger partial charge in [-0.05, 0) is 18.2 Å². The molecular formula is C9H5ClF4O3. The minimum absolute atomic E-state index is 0.220. The summed E-state index contributed by atoms with van der Waals surface area (Å²) in [5.41, 5.74) is -1.22. The highest BCUT2D eigenvalue weighted by Gasteiger charge is 2.44. The molecule has 3 nitrogen and oxygen atoms in total. The summed E-state index contributed by atoms with van der Waals surface area (Å²) >= 11 is 5.39. The fourth-order valence-corrected chi connectivity index (χ4v) is 1.23. The van der Waals surface area contributed by atoms with E-state index in [-0.39, 0.29) is 5.02 Å². The first-order valence-electron chi connectivity index (χ1n) is 4.11. The van der Waals surface area contributed by atoms with Crippen molar-refractivity contribution in [3.05, 3.63) is 28.8 Å². The maximum Gasteiger partial charge on any atom is 0.387 e. The van der Waals surface area contributed by atoms with Crippen LogP contribution < -0.4 is 4.74 Å². The first-order valence-corrected chi connectivity index (χ1v) is 4.49. The van der Waals surface area contributed by atoms with E-state index in [9.17, 15) is 22.4 Å². The van der Waals surface area contributed by atoms with E-state index in [1.54, 1.807) is 0 Å². The van der Waals surface area contributed by atoms with Crippen LogP contribution in [0.4, 0.5) is 17.6 Å². The Hall–Kier alpha value is -1.50. The number of aliphatic carboxylic acids is 1. The molecule has 1 aromatic carbocycles. The molecule has 0 saturated heterocycles. The van der Waals surface area contributed by atoms with E-state index in [0.29, 0.717) is 6.07 Å². The summed E-state index contributed by atoms with van der Waals surface area (Å²) in [7, 11) is 0. The molecule has 0 amide bonds. The Morgan fingerprint density at radius 1 is 1.41 bits per heavy atom. The van der Waals surface area contributed by atoms with E-state index in [1.165, 1.54) is 0 Å².